The molecule has 0 saturated carbocycles. The summed E-state index contributed by atoms with van der Waals surface area (Å²) in [5, 5.41) is 7.00. The fraction of sp³-hybridized carbons (Fsp3) is 0.296. The second-order valence-corrected chi connectivity index (χ2v) is 8.79. The number of quaternary nitrogens is 1. The Labute approximate surface area is 179 Å². The first-order valence-electron chi connectivity index (χ1n) is 11.1. The van der Waals surface area contributed by atoms with E-state index >= 15 is 0 Å². The minimum atomic E-state index is 0.451. The monoisotopic (exact) mass is 396 g/mol. The van der Waals surface area contributed by atoms with E-state index in [-0.39, 0.29) is 0 Å². The van der Waals surface area contributed by atoms with Gasteiger partial charge in [0.25, 0.3) is 0 Å². The first-order chi connectivity index (χ1) is 14.7. The summed E-state index contributed by atoms with van der Waals surface area (Å²) in [6.45, 7) is 8.67. The van der Waals surface area contributed by atoms with Gasteiger partial charge in [-0.3, -0.25) is 5.01 Å². The van der Waals surface area contributed by atoms with Crippen molar-refractivity contribution in [2.24, 2.45) is 5.10 Å². The Morgan fingerprint density at radius 1 is 0.833 bits per heavy atom. The Balaban J connectivity index is 1.27. The number of hydrazone groups is 1. The molecule has 0 atom stereocenters. The van der Waals surface area contributed by atoms with Crippen LogP contribution in [0.15, 0.2) is 77.9 Å². The van der Waals surface area contributed by atoms with Crippen LogP contribution < -0.4 is 4.90 Å². The van der Waals surface area contributed by atoms with E-state index in [1.165, 1.54) is 33.4 Å². The molecule has 5 rings (SSSR count). The van der Waals surface area contributed by atoms with Crippen molar-refractivity contribution in [3.05, 3.63) is 95.1 Å². The highest BCUT2D eigenvalue weighted by Crippen LogP contribution is 2.41. The van der Waals surface area contributed by atoms with E-state index < -0.39 is 0 Å². The molecule has 1 aliphatic heterocycles. The maximum Gasteiger partial charge on any atom is 0.140 e. The molecule has 3 heteroatoms. The number of nitrogens with one attached hydrogen (secondary N) is 1. The van der Waals surface area contributed by atoms with Gasteiger partial charge in [0, 0.05) is 11.1 Å². The van der Waals surface area contributed by atoms with Crippen molar-refractivity contribution in [2.75, 3.05) is 26.2 Å². The van der Waals surface area contributed by atoms with Crippen LogP contribution in [0.3, 0.4) is 0 Å². The molecule has 1 N–H and O–H groups in total. The molecule has 3 nitrogen and oxygen atoms in total. The molecular weight excluding hydrogens is 366 g/mol. The molecule has 1 heterocycles. The quantitative estimate of drug-likeness (QED) is 0.658. The molecule has 3 aromatic rings. The van der Waals surface area contributed by atoms with E-state index in [1.807, 2.05) is 6.21 Å². The molecule has 0 spiro atoms. The Kier molecular flexibility index (Phi) is 5.14. The summed E-state index contributed by atoms with van der Waals surface area (Å²) in [7, 11) is 0. The maximum absolute atomic E-state index is 4.77. The van der Waals surface area contributed by atoms with Crippen LogP contribution in [0.1, 0.15) is 48.1 Å². The van der Waals surface area contributed by atoms with Crippen LogP contribution >= 0.6 is 0 Å². The summed E-state index contributed by atoms with van der Waals surface area (Å²) in [6.07, 6.45) is 2.01. The zero-order valence-electron chi connectivity index (χ0n) is 17.9. The van der Waals surface area contributed by atoms with Crippen LogP contribution in [-0.4, -0.2) is 37.4 Å². The van der Waals surface area contributed by atoms with Crippen LogP contribution in [0.4, 0.5) is 0 Å². The molecule has 152 valence electrons. The summed E-state index contributed by atoms with van der Waals surface area (Å²) in [5.74, 6) is 0.567. The van der Waals surface area contributed by atoms with Gasteiger partial charge in [-0.25, -0.2) is 0 Å². The summed E-state index contributed by atoms with van der Waals surface area (Å²) >= 11 is 0. The van der Waals surface area contributed by atoms with Crippen LogP contribution in [0.2, 0.25) is 0 Å². The normalized spacial score (nSPS) is 17.0. The first-order valence-corrected chi connectivity index (χ1v) is 11.1. The van der Waals surface area contributed by atoms with Gasteiger partial charge in [-0.1, -0.05) is 86.6 Å². The number of hydrogen-bond acceptors (Lipinski definition) is 2. The van der Waals surface area contributed by atoms with Gasteiger partial charge in [-0.05, 0) is 28.2 Å². The summed E-state index contributed by atoms with van der Waals surface area (Å²) < 4.78 is 0. The van der Waals surface area contributed by atoms with Crippen molar-refractivity contribution in [2.45, 2.75) is 25.8 Å². The number of benzene rings is 3. The average molecular weight is 397 g/mol. The topological polar surface area (TPSA) is 20.0 Å². The minimum Gasteiger partial charge on any atom is -0.322 e. The molecule has 30 heavy (non-hydrogen) atoms. The summed E-state index contributed by atoms with van der Waals surface area (Å²) in [6, 6.07) is 27.1. The Hall–Kier alpha value is -2.91. The van der Waals surface area contributed by atoms with E-state index in [0.29, 0.717) is 12.0 Å². The van der Waals surface area contributed by atoms with E-state index in [4.69, 9.17) is 5.10 Å². The van der Waals surface area contributed by atoms with Crippen molar-refractivity contribution in [3.8, 4) is 11.1 Å². The Morgan fingerprint density at radius 2 is 1.40 bits per heavy atom. The van der Waals surface area contributed by atoms with Gasteiger partial charge in [0.15, 0.2) is 0 Å². The van der Waals surface area contributed by atoms with Gasteiger partial charge in [0.2, 0.25) is 0 Å². The molecule has 1 fully saturated rings. The highest BCUT2D eigenvalue weighted by molar-refractivity contribution is 5.79. The highest BCUT2D eigenvalue weighted by Gasteiger charge is 2.37. The number of fused-ring (bicyclic) bond motifs is 3. The lowest BCUT2D eigenvalue weighted by atomic mass is 10.0. The van der Waals surface area contributed by atoms with Gasteiger partial charge in [-0.2, -0.15) is 5.10 Å². The predicted molar refractivity (Wildman–Crippen MR) is 124 cm³/mol. The van der Waals surface area contributed by atoms with Crippen LogP contribution in [0, 0.1) is 0 Å². The van der Waals surface area contributed by atoms with Gasteiger partial charge in [0.1, 0.15) is 6.04 Å². The van der Waals surface area contributed by atoms with E-state index in [2.05, 4.69) is 91.7 Å². The van der Waals surface area contributed by atoms with Gasteiger partial charge < -0.3 is 4.90 Å². The molecule has 0 unspecified atom stereocenters. The SMILES string of the molecule is CC(C)c1ccc(/C=N/N2CC[NH+](C3c4ccccc4-c4ccccc43)CC2)cc1. The van der Waals surface area contributed by atoms with Crippen molar-refractivity contribution in [1.29, 1.82) is 0 Å². The third kappa shape index (κ3) is 3.54. The number of hydrogen-bond donors (Lipinski definition) is 1. The molecule has 0 amide bonds. The molecule has 2 aliphatic rings. The fourth-order valence-corrected chi connectivity index (χ4v) is 4.90. The molecule has 0 aromatic heterocycles. The minimum absolute atomic E-state index is 0.451. The molecule has 3 aromatic carbocycles. The Morgan fingerprint density at radius 3 is 1.97 bits per heavy atom. The van der Waals surface area contributed by atoms with Crippen LogP contribution in [-0.2, 0) is 0 Å². The van der Waals surface area contributed by atoms with E-state index in [1.54, 1.807) is 4.90 Å². The number of nitrogens with zero attached hydrogens (tertiary/aromatic N) is 2. The summed E-state index contributed by atoms with van der Waals surface area (Å²) in [5.41, 5.74) is 8.34. The Bertz CT molecular complexity index is 998. The van der Waals surface area contributed by atoms with Crippen LogP contribution in [0.25, 0.3) is 11.1 Å². The van der Waals surface area contributed by atoms with Gasteiger partial charge in [0.05, 0.1) is 32.4 Å². The third-order valence-corrected chi connectivity index (χ3v) is 6.60. The second kappa shape index (κ2) is 8.08. The zero-order chi connectivity index (χ0) is 20.5. The van der Waals surface area contributed by atoms with E-state index in [9.17, 15) is 0 Å². The molecule has 0 bridgehead atoms. The predicted octanol–water partition coefficient (Wildman–Crippen LogP) is 4.11. The third-order valence-electron chi connectivity index (χ3n) is 6.60. The molecule has 1 saturated heterocycles. The van der Waals surface area contributed by atoms with Crippen molar-refractivity contribution in [3.63, 3.8) is 0 Å². The lowest BCUT2D eigenvalue weighted by Gasteiger charge is -2.34. The zero-order valence-corrected chi connectivity index (χ0v) is 17.9. The highest BCUT2D eigenvalue weighted by atomic mass is 15.5. The first kappa shape index (κ1) is 19.1. The summed E-state index contributed by atoms with van der Waals surface area (Å²) in [4.78, 5) is 1.65. The van der Waals surface area contributed by atoms with Crippen molar-refractivity contribution in [1.82, 2.24) is 5.01 Å². The van der Waals surface area contributed by atoms with Gasteiger partial charge >= 0.3 is 0 Å². The van der Waals surface area contributed by atoms with E-state index in [0.717, 1.165) is 26.2 Å². The lowest BCUT2D eigenvalue weighted by Crippen LogP contribution is -3.14. The smallest absolute Gasteiger partial charge is 0.140 e. The molecular formula is C27H30N3+. The van der Waals surface area contributed by atoms with Gasteiger partial charge in [-0.15, -0.1) is 0 Å². The van der Waals surface area contributed by atoms with Crippen molar-refractivity contribution >= 4 is 6.21 Å². The van der Waals surface area contributed by atoms with Crippen LogP contribution in [0.5, 0.6) is 0 Å². The average Bonchev–Trinajstić information content (AvgIpc) is 3.13. The number of rotatable bonds is 4. The molecule has 0 radical (unpaired) electrons. The van der Waals surface area contributed by atoms with Crippen molar-refractivity contribution < 1.29 is 4.90 Å². The maximum atomic E-state index is 4.77. The second-order valence-electron chi connectivity index (χ2n) is 8.79. The lowest BCUT2D eigenvalue weighted by molar-refractivity contribution is -0.929. The molecule has 1 aliphatic carbocycles. The largest absolute Gasteiger partial charge is 0.322 e. The fourth-order valence-electron chi connectivity index (χ4n) is 4.90. The standard InChI is InChI=1S/C27H29N3/c1-20(2)22-13-11-21(12-14-22)19-28-30-17-15-29(16-18-30)27-25-9-5-3-7-23(25)24-8-4-6-10-26(24)27/h3-14,19-20,27H,15-18H2,1-2H3/p+1/b28-19+. The number of piperazine rings is 1.